The van der Waals surface area contributed by atoms with Gasteiger partial charge in [-0.1, -0.05) is 0 Å². The smallest absolute Gasteiger partial charge is 0.216 e. The molecule has 0 aliphatic rings. The Balaban J connectivity index is 2.60. The zero-order valence-corrected chi connectivity index (χ0v) is 8.80. The van der Waals surface area contributed by atoms with Crippen LogP contribution in [0.3, 0.4) is 0 Å². The van der Waals surface area contributed by atoms with Crippen molar-refractivity contribution in [1.29, 1.82) is 0 Å². The van der Waals surface area contributed by atoms with Crippen LogP contribution in [0.4, 0.5) is 0 Å². The molecule has 0 aromatic carbocycles. The molecule has 5 heteroatoms. The van der Waals surface area contributed by atoms with Gasteiger partial charge in [0.25, 0.3) is 0 Å². The zero-order chi connectivity index (χ0) is 10.1. The van der Waals surface area contributed by atoms with Crippen molar-refractivity contribution >= 4 is 12.2 Å². The van der Waals surface area contributed by atoms with Crippen LogP contribution >= 0.6 is 12.2 Å². The lowest BCUT2D eigenvalue weighted by atomic mass is 10.2. The number of nitrogens with one attached hydrogen (secondary N) is 1. The Labute approximate surface area is 86.6 Å². The van der Waals surface area contributed by atoms with E-state index in [0.29, 0.717) is 4.77 Å². The molecule has 0 saturated heterocycles. The fourth-order valence-electron chi connectivity index (χ4n) is 1.26. The van der Waals surface area contributed by atoms with E-state index in [1.54, 1.807) is 10.9 Å². The number of rotatable bonds is 1. The number of aryl methyl sites for hydroxylation is 2. The van der Waals surface area contributed by atoms with Gasteiger partial charge < -0.3 is 0 Å². The molecule has 0 amide bonds. The molecule has 14 heavy (non-hydrogen) atoms. The summed E-state index contributed by atoms with van der Waals surface area (Å²) in [6.45, 7) is 1.95. The van der Waals surface area contributed by atoms with Crippen LogP contribution in [0.2, 0.25) is 0 Å². The van der Waals surface area contributed by atoms with Crippen LogP contribution in [-0.2, 0) is 7.05 Å². The Hall–Kier alpha value is -1.49. The van der Waals surface area contributed by atoms with Gasteiger partial charge in [0, 0.05) is 24.5 Å². The molecule has 2 aromatic rings. The number of hydrogen-bond acceptors (Lipinski definition) is 3. The lowest BCUT2D eigenvalue weighted by Gasteiger charge is -1.99. The lowest BCUT2D eigenvalue weighted by molar-refractivity contribution is 0.756. The third-order valence-electron chi connectivity index (χ3n) is 2.03. The van der Waals surface area contributed by atoms with Crippen molar-refractivity contribution in [3.63, 3.8) is 0 Å². The third-order valence-corrected chi connectivity index (χ3v) is 2.40. The molecule has 0 atom stereocenters. The van der Waals surface area contributed by atoms with Crippen molar-refractivity contribution in [2.45, 2.75) is 6.92 Å². The molecule has 1 N–H and O–H groups in total. The van der Waals surface area contributed by atoms with Crippen LogP contribution in [-0.4, -0.2) is 19.7 Å². The Bertz CT molecular complexity index is 512. The first-order valence-electron chi connectivity index (χ1n) is 4.23. The third kappa shape index (κ3) is 1.46. The highest BCUT2D eigenvalue weighted by molar-refractivity contribution is 7.71. The second kappa shape index (κ2) is 3.34. The molecule has 2 heterocycles. The predicted octanol–water partition coefficient (Wildman–Crippen LogP) is 1.85. The predicted molar refractivity (Wildman–Crippen MR) is 56.4 cm³/mol. The Kier molecular flexibility index (Phi) is 2.17. The topological polar surface area (TPSA) is 46.5 Å². The molecule has 0 aliphatic heterocycles. The lowest BCUT2D eigenvalue weighted by Crippen LogP contribution is -1.91. The fraction of sp³-hybridized carbons (Fsp3) is 0.222. The van der Waals surface area contributed by atoms with Crippen molar-refractivity contribution in [3.05, 3.63) is 28.8 Å². The van der Waals surface area contributed by atoms with Gasteiger partial charge in [-0.3, -0.25) is 14.8 Å². The average Bonchev–Trinajstić information content (AvgIpc) is 2.48. The van der Waals surface area contributed by atoms with Gasteiger partial charge in [0.05, 0.1) is 0 Å². The summed E-state index contributed by atoms with van der Waals surface area (Å²) in [6, 6.07) is 3.85. The molecular formula is C9H10N4S. The van der Waals surface area contributed by atoms with E-state index in [1.165, 1.54) is 0 Å². The van der Waals surface area contributed by atoms with Gasteiger partial charge in [-0.2, -0.15) is 4.98 Å². The monoisotopic (exact) mass is 206 g/mol. The maximum absolute atomic E-state index is 5.02. The zero-order valence-electron chi connectivity index (χ0n) is 7.98. The molecule has 4 nitrogen and oxygen atoms in total. The minimum absolute atomic E-state index is 0.545. The highest BCUT2D eigenvalue weighted by Gasteiger charge is 2.05. The van der Waals surface area contributed by atoms with Gasteiger partial charge in [-0.25, -0.2) is 0 Å². The van der Waals surface area contributed by atoms with E-state index >= 15 is 0 Å². The molecule has 2 aromatic heterocycles. The second-order valence-corrected chi connectivity index (χ2v) is 3.42. The molecule has 0 bridgehead atoms. The van der Waals surface area contributed by atoms with Crippen molar-refractivity contribution in [2.75, 3.05) is 0 Å². The summed E-state index contributed by atoms with van der Waals surface area (Å²) in [4.78, 5) is 8.41. The van der Waals surface area contributed by atoms with Gasteiger partial charge in [0.1, 0.15) is 0 Å². The average molecular weight is 206 g/mol. The molecule has 0 aliphatic carbocycles. The number of aromatic nitrogens is 4. The molecule has 0 fully saturated rings. The normalized spacial score (nSPS) is 10.4. The fourth-order valence-corrected chi connectivity index (χ4v) is 1.39. The van der Waals surface area contributed by atoms with Crippen LogP contribution in [0.15, 0.2) is 18.3 Å². The molecule has 0 spiro atoms. The van der Waals surface area contributed by atoms with Crippen LogP contribution in [0.5, 0.6) is 0 Å². The summed E-state index contributed by atoms with van der Waals surface area (Å²) < 4.78 is 2.25. The van der Waals surface area contributed by atoms with Crippen molar-refractivity contribution in [2.24, 2.45) is 7.05 Å². The highest BCUT2D eigenvalue weighted by atomic mass is 32.1. The number of aromatic amines is 1. The van der Waals surface area contributed by atoms with Gasteiger partial charge in [0.15, 0.2) is 5.82 Å². The minimum Gasteiger partial charge on any atom is -0.279 e. The maximum atomic E-state index is 5.02. The van der Waals surface area contributed by atoms with Gasteiger partial charge in [-0.05, 0) is 31.3 Å². The largest absolute Gasteiger partial charge is 0.279 e. The Morgan fingerprint density at radius 1 is 1.50 bits per heavy atom. The maximum Gasteiger partial charge on any atom is 0.216 e. The van der Waals surface area contributed by atoms with Crippen LogP contribution < -0.4 is 0 Å². The van der Waals surface area contributed by atoms with Crippen LogP contribution in [0.25, 0.3) is 11.4 Å². The second-order valence-electron chi connectivity index (χ2n) is 3.05. The van der Waals surface area contributed by atoms with Crippen LogP contribution in [0.1, 0.15) is 5.69 Å². The summed E-state index contributed by atoms with van der Waals surface area (Å²) >= 11 is 5.02. The first kappa shape index (κ1) is 9.08. The first-order valence-corrected chi connectivity index (χ1v) is 4.64. The quantitative estimate of drug-likeness (QED) is 0.724. The number of hydrogen-bond donors (Lipinski definition) is 1. The van der Waals surface area contributed by atoms with Crippen LogP contribution in [0, 0.1) is 11.7 Å². The molecule has 0 saturated carbocycles. The van der Waals surface area contributed by atoms with Gasteiger partial charge in [-0.15, -0.1) is 0 Å². The van der Waals surface area contributed by atoms with E-state index in [2.05, 4.69) is 15.1 Å². The SMILES string of the molecule is Cc1ncccc1-c1nc(=S)n(C)[nH]1. The van der Waals surface area contributed by atoms with Crippen molar-refractivity contribution < 1.29 is 0 Å². The molecule has 72 valence electrons. The summed E-state index contributed by atoms with van der Waals surface area (Å²) in [5, 5.41) is 3.06. The number of pyridine rings is 1. The Morgan fingerprint density at radius 2 is 2.29 bits per heavy atom. The van der Waals surface area contributed by atoms with Crippen molar-refractivity contribution in [1.82, 2.24) is 19.7 Å². The summed E-state index contributed by atoms with van der Waals surface area (Å²) in [5.74, 6) is 0.767. The molecule has 0 radical (unpaired) electrons. The molecular weight excluding hydrogens is 196 g/mol. The summed E-state index contributed by atoms with van der Waals surface area (Å²) in [6.07, 6.45) is 1.76. The van der Waals surface area contributed by atoms with E-state index in [4.69, 9.17) is 12.2 Å². The van der Waals surface area contributed by atoms with E-state index < -0.39 is 0 Å². The minimum atomic E-state index is 0.545. The van der Waals surface area contributed by atoms with E-state index in [-0.39, 0.29) is 0 Å². The molecule has 0 unspecified atom stereocenters. The number of nitrogens with zero attached hydrogens (tertiary/aromatic N) is 3. The molecule has 2 rings (SSSR count). The summed E-state index contributed by atoms with van der Waals surface area (Å²) in [5.41, 5.74) is 1.93. The number of H-pyrrole nitrogens is 1. The Morgan fingerprint density at radius 3 is 2.86 bits per heavy atom. The van der Waals surface area contributed by atoms with Gasteiger partial charge in [0.2, 0.25) is 4.77 Å². The van der Waals surface area contributed by atoms with E-state index in [0.717, 1.165) is 17.1 Å². The summed E-state index contributed by atoms with van der Waals surface area (Å²) in [7, 11) is 1.84. The van der Waals surface area contributed by atoms with Gasteiger partial charge >= 0.3 is 0 Å². The highest BCUT2D eigenvalue weighted by Crippen LogP contribution is 2.16. The van der Waals surface area contributed by atoms with E-state index in [9.17, 15) is 0 Å². The first-order chi connectivity index (χ1) is 6.68. The van der Waals surface area contributed by atoms with E-state index in [1.807, 2.05) is 26.1 Å². The van der Waals surface area contributed by atoms with Crippen molar-refractivity contribution in [3.8, 4) is 11.4 Å². The standard InChI is InChI=1S/C9H10N4S/c1-6-7(4-3-5-10-6)8-11-9(14)13(2)12-8/h3-5H,1-2H3,(H,11,12,14).